The van der Waals surface area contributed by atoms with Crippen molar-refractivity contribution in [2.75, 3.05) is 4.90 Å². The summed E-state index contributed by atoms with van der Waals surface area (Å²) in [6.07, 6.45) is 6.59. The van der Waals surface area contributed by atoms with Gasteiger partial charge in [-0.15, -0.1) is 0 Å². The zero-order valence-electron chi connectivity index (χ0n) is 26.2. The molecule has 47 heavy (non-hydrogen) atoms. The SMILES string of the molecule is CCCC(OSI)c1ccc(/C=C/c2ccc(N(c3ccccc3)c3ccc4c(c3)c3ccccc3n4-c3ccccc3)cc2)cc1. The second-order valence-electron chi connectivity index (χ2n) is 11.6. The van der Waals surface area contributed by atoms with Crippen LogP contribution in [0.2, 0.25) is 0 Å². The van der Waals surface area contributed by atoms with Crippen molar-refractivity contribution in [1.82, 2.24) is 4.57 Å². The van der Waals surface area contributed by atoms with Crippen LogP contribution in [0.1, 0.15) is 42.6 Å². The van der Waals surface area contributed by atoms with Crippen molar-refractivity contribution < 1.29 is 4.18 Å². The van der Waals surface area contributed by atoms with E-state index in [1.54, 1.807) is 0 Å². The van der Waals surface area contributed by atoms with Crippen LogP contribution in [0.15, 0.2) is 152 Å². The standard InChI is InChI=1S/C42H35IN2OS/c1-2-11-42(46-47-43)33-24-20-31(21-25-33)18-19-32-22-26-36(27-23-32)44(34-12-5-3-6-13-34)37-28-29-41-39(30-37)38-16-9-10-17-40(38)45(41)35-14-7-4-8-15-35/h3-10,12-30,42H,2,11H2,1H3/b19-18+. The number of anilines is 3. The number of hydrogen-bond donors (Lipinski definition) is 0. The van der Waals surface area contributed by atoms with Gasteiger partial charge in [0.1, 0.15) is 0 Å². The van der Waals surface area contributed by atoms with Gasteiger partial charge in [-0.05, 0) is 83.8 Å². The van der Waals surface area contributed by atoms with Crippen LogP contribution in [0.5, 0.6) is 0 Å². The molecule has 0 amide bonds. The maximum absolute atomic E-state index is 5.87. The highest BCUT2D eigenvalue weighted by atomic mass is 127. The van der Waals surface area contributed by atoms with E-state index >= 15 is 0 Å². The lowest BCUT2D eigenvalue weighted by molar-refractivity contribution is 0.238. The molecule has 1 unspecified atom stereocenters. The number of benzene rings is 6. The quantitative estimate of drug-likeness (QED) is 0.0746. The van der Waals surface area contributed by atoms with Crippen molar-refractivity contribution in [1.29, 1.82) is 0 Å². The first-order chi connectivity index (χ1) is 23.2. The lowest BCUT2D eigenvalue weighted by Gasteiger charge is -2.25. The summed E-state index contributed by atoms with van der Waals surface area (Å²) in [6, 6.07) is 54.2. The average Bonchev–Trinajstić information content (AvgIpc) is 3.46. The molecule has 1 heterocycles. The van der Waals surface area contributed by atoms with E-state index in [1.165, 1.54) is 42.1 Å². The van der Waals surface area contributed by atoms with Crippen molar-refractivity contribution in [3.63, 3.8) is 0 Å². The smallest absolute Gasteiger partial charge is 0.0981 e. The Balaban J connectivity index is 1.21. The number of fused-ring (bicyclic) bond motifs is 3. The van der Waals surface area contributed by atoms with Crippen LogP contribution >= 0.6 is 30.4 Å². The number of aromatic nitrogens is 1. The monoisotopic (exact) mass is 742 g/mol. The van der Waals surface area contributed by atoms with Crippen molar-refractivity contribution in [3.05, 3.63) is 168 Å². The van der Waals surface area contributed by atoms with E-state index < -0.39 is 0 Å². The molecule has 0 radical (unpaired) electrons. The van der Waals surface area contributed by atoms with Crippen molar-refractivity contribution in [2.45, 2.75) is 25.9 Å². The fourth-order valence-electron chi connectivity index (χ4n) is 6.30. The molecule has 7 aromatic rings. The Kier molecular flexibility index (Phi) is 9.75. The number of rotatable bonds is 11. The van der Waals surface area contributed by atoms with E-state index in [4.69, 9.17) is 4.18 Å². The normalized spacial score (nSPS) is 12.2. The van der Waals surface area contributed by atoms with Gasteiger partial charge in [0.05, 0.1) is 26.4 Å². The molecular formula is C42H35IN2OS. The van der Waals surface area contributed by atoms with Crippen LogP contribution in [-0.4, -0.2) is 4.57 Å². The van der Waals surface area contributed by atoms with Gasteiger partial charge >= 0.3 is 0 Å². The molecule has 0 fully saturated rings. The van der Waals surface area contributed by atoms with Gasteiger partial charge in [-0.2, -0.15) is 0 Å². The third-order valence-corrected chi connectivity index (χ3v) is 9.50. The molecule has 0 spiro atoms. The van der Waals surface area contributed by atoms with Crippen LogP contribution in [0.4, 0.5) is 17.1 Å². The Morgan fingerprint density at radius 2 is 1.21 bits per heavy atom. The van der Waals surface area contributed by atoms with Crippen molar-refractivity contribution in [2.24, 2.45) is 0 Å². The van der Waals surface area contributed by atoms with Crippen LogP contribution < -0.4 is 4.90 Å². The molecule has 232 valence electrons. The van der Waals surface area contributed by atoms with Crippen molar-refractivity contribution in [3.8, 4) is 5.69 Å². The van der Waals surface area contributed by atoms with E-state index in [-0.39, 0.29) is 6.10 Å². The Labute approximate surface area is 293 Å². The lowest BCUT2D eigenvalue weighted by atomic mass is 10.0. The number of halogens is 1. The van der Waals surface area contributed by atoms with E-state index in [0.717, 1.165) is 41.2 Å². The zero-order valence-corrected chi connectivity index (χ0v) is 29.1. The van der Waals surface area contributed by atoms with E-state index in [9.17, 15) is 0 Å². The minimum absolute atomic E-state index is 0.128. The van der Waals surface area contributed by atoms with Crippen LogP contribution in [0.3, 0.4) is 0 Å². The zero-order chi connectivity index (χ0) is 32.0. The predicted octanol–water partition coefficient (Wildman–Crippen LogP) is 13.3. The Morgan fingerprint density at radius 1 is 0.638 bits per heavy atom. The fourth-order valence-corrected chi connectivity index (χ4v) is 7.35. The highest BCUT2D eigenvalue weighted by Gasteiger charge is 2.17. The summed E-state index contributed by atoms with van der Waals surface area (Å²) in [5.74, 6) is 0. The molecule has 0 aliphatic heterocycles. The second kappa shape index (κ2) is 14.6. The first kappa shape index (κ1) is 31.3. The summed E-state index contributed by atoms with van der Waals surface area (Å²) < 4.78 is 8.23. The second-order valence-corrected chi connectivity index (χ2v) is 13.0. The maximum Gasteiger partial charge on any atom is 0.0981 e. The van der Waals surface area contributed by atoms with E-state index in [0.29, 0.717) is 0 Å². The Hall–Kier alpha value is -4.30. The molecular weight excluding hydrogens is 707 g/mol. The molecule has 0 aliphatic rings. The molecule has 3 nitrogen and oxygen atoms in total. The number of nitrogens with zero attached hydrogens (tertiary/aromatic N) is 2. The van der Waals surface area contributed by atoms with Crippen LogP contribution in [0, 0.1) is 0 Å². The third-order valence-electron chi connectivity index (χ3n) is 8.57. The minimum Gasteiger partial charge on any atom is -0.310 e. The predicted molar refractivity (Wildman–Crippen MR) is 211 cm³/mol. The summed E-state index contributed by atoms with van der Waals surface area (Å²) in [6.45, 7) is 2.19. The average molecular weight is 743 g/mol. The molecule has 0 aliphatic carbocycles. The molecule has 0 saturated carbocycles. The third kappa shape index (κ3) is 6.75. The van der Waals surface area contributed by atoms with Gasteiger partial charge in [0, 0.05) is 54.7 Å². The van der Waals surface area contributed by atoms with Gasteiger partial charge in [-0.3, -0.25) is 4.18 Å². The van der Waals surface area contributed by atoms with Gasteiger partial charge in [-0.25, -0.2) is 0 Å². The van der Waals surface area contributed by atoms with Gasteiger partial charge in [0.2, 0.25) is 0 Å². The molecule has 0 saturated heterocycles. The van der Waals surface area contributed by atoms with Crippen LogP contribution in [0.25, 0.3) is 39.6 Å². The van der Waals surface area contributed by atoms with E-state index in [1.807, 2.05) is 0 Å². The number of hydrogen-bond acceptors (Lipinski definition) is 3. The lowest BCUT2D eigenvalue weighted by Crippen LogP contribution is -2.09. The minimum atomic E-state index is 0.128. The maximum atomic E-state index is 5.87. The molecule has 0 bridgehead atoms. The molecule has 7 rings (SSSR count). The Bertz CT molecular complexity index is 2100. The van der Waals surface area contributed by atoms with Crippen molar-refractivity contribution >= 4 is 81.4 Å². The molecule has 1 atom stereocenters. The number of para-hydroxylation sites is 3. The van der Waals surface area contributed by atoms with Gasteiger partial charge < -0.3 is 9.47 Å². The molecule has 0 N–H and O–H groups in total. The van der Waals surface area contributed by atoms with E-state index in [2.05, 4.69) is 201 Å². The highest BCUT2D eigenvalue weighted by Crippen LogP contribution is 2.39. The van der Waals surface area contributed by atoms with Crippen LogP contribution in [-0.2, 0) is 4.18 Å². The largest absolute Gasteiger partial charge is 0.310 e. The summed E-state index contributed by atoms with van der Waals surface area (Å²) in [5, 5.41) is 2.47. The van der Waals surface area contributed by atoms with Gasteiger partial charge in [0.25, 0.3) is 0 Å². The fraction of sp³-hybridized carbons (Fsp3) is 0.0952. The molecule has 1 aromatic heterocycles. The summed E-state index contributed by atoms with van der Waals surface area (Å²) in [4.78, 5) is 2.34. The summed E-state index contributed by atoms with van der Waals surface area (Å²) in [7, 11) is 1.41. The highest BCUT2D eigenvalue weighted by molar-refractivity contribution is 14.2. The Morgan fingerprint density at radius 3 is 1.89 bits per heavy atom. The summed E-state index contributed by atoms with van der Waals surface area (Å²) >= 11 is 2.20. The van der Waals surface area contributed by atoms with Gasteiger partial charge in [0.15, 0.2) is 0 Å². The van der Waals surface area contributed by atoms with Gasteiger partial charge in [-0.1, -0.05) is 116 Å². The molecule has 5 heteroatoms. The molecule has 6 aromatic carbocycles. The first-order valence-corrected chi connectivity index (χ1v) is 19.3. The summed E-state index contributed by atoms with van der Waals surface area (Å²) in [5.41, 5.74) is 10.5. The topological polar surface area (TPSA) is 17.4 Å². The first-order valence-electron chi connectivity index (χ1n) is 16.0.